The molecule has 0 aliphatic rings. The van der Waals surface area contributed by atoms with Gasteiger partial charge in [0.05, 0.1) is 25.9 Å². The number of hydrogen-bond acceptors (Lipinski definition) is 6. The number of methoxy groups -OCH3 is 2. The number of anilines is 1. The van der Waals surface area contributed by atoms with Gasteiger partial charge in [0.15, 0.2) is 0 Å². The van der Waals surface area contributed by atoms with Gasteiger partial charge in [0.25, 0.3) is 0 Å². The minimum absolute atomic E-state index is 0.668. The van der Waals surface area contributed by atoms with Gasteiger partial charge in [-0.25, -0.2) is 9.97 Å². The first kappa shape index (κ1) is 16.0. The van der Waals surface area contributed by atoms with Crippen LogP contribution in [-0.4, -0.2) is 36.2 Å². The van der Waals surface area contributed by atoms with Gasteiger partial charge in [-0.1, -0.05) is 0 Å². The van der Waals surface area contributed by atoms with Crippen LogP contribution in [0, 0.1) is 6.92 Å². The smallest absolute Gasteiger partial charge is 0.140 e. The number of ether oxygens (including phenoxy) is 2. The Bertz CT molecular complexity index is 845. The van der Waals surface area contributed by atoms with Crippen molar-refractivity contribution in [3.63, 3.8) is 0 Å². The molecular formula is C18H20N4O2. The minimum atomic E-state index is 0.668. The van der Waals surface area contributed by atoms with E-state index < -0.39 is 0 Å². The maximum Gasteiger partial charge on any atom is 0.140 e. The van der Waals surface area contributed by atoms with E-state index in [9.17, 15) is 0 Å². The highest BCUT2D eigenvalue weighted by Crippen LogP contribution is 2.27. The van der Waals surface area contributed by atoms with Gasteiger partial charge in [-0.15, -0.1) is 0 Å². The standard InChI is InChI=1S/C18H20N4O2/c1-12-20-17-10-19-6-5-16(17)18(21-12)22(2)11-13-7-14(23-3)9-15(8-13)24-4/h5-10H,11H2,1-4H3. The van der Waals surface area contributed by atoms with Crippen LogP contribution in [0.25, 0.3) is 10.9 Å². The fraction of sp³-hybridized carbons (Fsp3) is 0.278. The lowest BCUT2D eigenvalue weighted by Gasteiger charge is -2.21. The highest BCUT2D eigenvalue weighted by molar-refractivity contribution is 5.88. The Balaban J connectivity index is 1.97. The normalized spacial score (nSPS) is 10.7. The first-order chi connectivity index (χ1) is 11.6. The van der Waals surface area contributed by atoms with Crippen LogP contribution in [-0.2, 0) is 6.54 Å². The monoisotopic (exact) mass is 324 g/mol. The second kappa shape index (κ2) is 6.70. The lowest BCUT2D eigenvalue weighted by atomic mass is 10.2. The van der Waals surface area contributed by atoms with Gasteiger partial charge in [-0.05, 0) is 30.7 Å². The molecule has 0 bridgehead atoms. The van der Waals surface area contributed by atoms with Crippen molar-refractivity contribution in [3.8, 4) is 11.5 Å². The Kier molecular flexibility index (Phi) is 4.46. The largest absolute Gasteiger partial charge is 0.497 e. The highest BCUT2D eigenvalue weighted by Gasteiger charge is 2.12. The van der Waals surface area contributed by atoms with Crippen molar-refractivity contribution in [1.82, 2.24) is 15.0 Å². The van der Waals surface area contributed by atoms with Gasteiger partial charge < -0.3 is 14.4 Å². The Morgan fingerprint density at radius 3 is 2.42 bits per heavy atom. The summed E-state index contributed by atoms with van der Waals surface area (Å²) >= 11 is 0. The van der Waals surface area contributed by atoms with Crippen LogP contribution in [0.1, 0.15) is 11.4 Å². The topological polar surface area (TPSA) is 60.4 Å². The number of nitrogens with zero attached hydrogens (tertiary/aromatic N) is 4. The number of aryl methyl sites for hydroxylation is 1. The molecule has 124 valence electrons. The molecule has 0 radical (unpaired) electrons. The Morgan fingerprint density at radius 2 is 1.75 bits per heavy atom. The summed E-state index contributed by atoms with van der Waals surface area (Å²) in [7, 11) is 5.31. The average Bonchev–Trinajstić information content (AvgIpc) is 2.60. The molecule has 0 atom stereocenters. The van der Waals surface area contributed by atoms with E-state index in [4.69, 9.17) is 9.47 Å². The molecule has 0 saturated heterocycles. The zero-order valence-electron chi connectivity index (χ0n) is 14.3. The van der Waals surface area contributed by atoms with Crippen molar-refractivity contribution < 1.29 is 9.47 Å². The molecule has 3 aromatic rings. The van der Waals surface area contributed by atoms with Crippen molar-refractivity contribution in [2.75, 3.05) is 26.2 Å². The molecule has 6 heteroatoms. The fourth-order valence-corrected chi connectivity index (χ4v) is 2.67. The molecule has 0 aliphatic carbocycles. The van der Waals surface area contributed by atoms with E-state index in [-0.39, 0.29) is 0 Å². The SMILES string of the molecule is COc1cc(CN(C)c2nc(C)nc3cnccc23)cc(OC)c1. The van der Waals surface area contributed by atoms with Crippen molar-refractivity contribution in [2.24, 2.45) is 0 Å². The third kappa shape index (κ3) is 3.22. The van der Waals surface area contributed by atoms with Gasteiger partial charge >= 0.3 is 0 Å². The molecule has 0 saturated carbocycles. The van der Waals surface area contributed by atoms with Crippen LogP contribution in [0.5, 0.6) is 11.5 Å². The van der Waals surface area contributed by atoms with Crippen LogP contribution >= 0.6 is 0 Å². The third-order valence-electron chi connectivity index (χ3n) is 3.78. The number of rotatable bonds is 5. The summed E-state index contributed by atoms with van der Waals surface area (Å²) in [6, 6.07) is 7.79. The molecule has 0 unspecified atom stereocenters. The van der Waals surface area contributed by atoms with E-state index in [2.05, 4.69) is 19.9 Å². The number of pyridine rings is 1. The molecule has 2 aromatic heterocycles. The molecular weight excluding hydrogens is 304 g/mol. The van der Waals surface area contributed by atoms with E-state index >= 15 is 0 Å². The first-order valence-corrected chi connectivity index (χ1v) is 7.62. The second-order valence-electron chi connectivity index (χ2n) is 5.56. The summed E-state index contributed by atoms with van der Waals surface area (Å²) in [5.41, 5.74) is 1.92. The Labute approximate surface area is 141 Å². The molecule has 24 heavy (non-hydrogen) atoms. The van der Waals surface area contributed by atoms with E-state index in [1.54, 1.807) is 26.6 Å². The maximum absolute atomic E-state index is 5.34. The van der Waals surface area contributed by atoms with Crippen molar-refractivity contribution in [1.29, 1.82) is 0 Å². The van der Waals surface area contributed by atoms with Crippen LogP contribution in [0.4, 0.5) is 5.82 Å². The number of aromatic nitrogens is 3. The zero-order valence-corrected chi connectivity index (χ0v) is 14.3. The summed E-state index contributed by atoms with van der Waals surface area (Å²) in [4.78, 5) is 15.3. The third-order valence-corrected chi connectivity index (χ3v) is 3.78. The predicted molar refractivity (Wildman–Crippen MR) is 93.7 cm³/mol. The molecule has 0 aliphatic heterocycles. The van der Waals surface area contributed by atoms with Gasteiger partial charge in [-0.2, -0.15) is 0 Å². The molecule has 3 rings (SSSR count). The quantitative estimate of drug-likeness (QED) is 0.719. The molecule has 0 N–H and O–H groups in total. The van der Waals surface area contributed by atoms with Crippen LogP contribution in [0.15, 0.2) is 36.7 Å². The molecule has 1 aromatic carbocycles. The minimum Gasteiger partial charge on any atom is -0.497 e. The number of fused-ring (bicyclic) bond motifs is 1. The Hall–Kier alpha value is -2.89. The van der Waals surface area contributed by atoms with Crippen LogP contribution < -0.4 is 14.4 Å². The summed E-state index contributed by atoms with van der Waals surface area (Å²) < 4.78 is 10.7. The van der Waals surface area contributed by atoms with E-state index in [0.29, 0.717) is 6.54 Å². The first-order valence-electron chi connectivity index (χ1n) is 7.62. The van der Waals surface area contributed by atoms with Crippen LogP contribution in [0.3, 0.4) is 0 Å². The number of hydrogen-bond donors (Lipinski definition) is 0. The summed E-state index contributed by atoms with van der Waals surface area (Å²) in [5.74, 6) is 3.14. The second-order valence-corrected chi connectivity index (χ2v) is 5.56. The molecule has 0 fully saturated rings. The molecule has 2 heterocycles. The van der Waals surface area contributed by atoms with Crippen molar-refractivity contribution >= 4 is 16.7 Å². The summed E-state index contributed by atoms with van der Waals surface area (Å²) in [6.45, 7) is 2.56. The predicted octanol–water partition coefficient (Wildman–Crippen LogP) is 2.99. The van der Waals surface area contributed by atoms with Gasteiger partial charge in [0.2, 0.25) is 0 Å². The highest BCUT2D eigenvalue weighted by atomic mass is 16.5. The van der Waals surface area contributed by atoms with Crippen molar-refractivity contribution in [2.45, 2.75) is 13.5 Å². The van der Waals surface area contributed by atoms with Gasteiger partial charge in [0.1, 0.15) is 23.1 Å². The summed E-state index contributed by atoms with van der Waals surface area (Å²) in [5, 5.41) is 0.980. The zero-order chi connectivity index (χ0) is 17.1. The molecule has 6 nitrogen and oxygen atoms in total. The molecule has 0 spiro atoms. The van der Waals surface area contributed by atoms with E-state index in [1.165, 1.54) is 0 Å². The fourth-order valence-electron chi connectivity index (χ4n) is 2.67. The number of benzene rings is 1. The molecule has 0 amide bonds. The van der Waals surface area contributed by atoms with Gasteiger partial charge in [0, 0.05) is 31.2 Å². The lowest BCUT2D eigenvalue weighted by Crippen LogP contribution is -2.19. The van der Waals surface area contributed by atoms with E-state index in [0.717, 1.165) is 39.6 Å². The average molecular weight is 324 g/mol. The van der Waals surface area contributed by atoms with Crippen LogP contribution in [0.2, 0.25) is 0 Å². The van der Waals surface area contributed by atoms with Crippen molar-refractivity contribution in [3.05, 3.63) is 48.0 Å². The Morgan fingerprint density at radius 1 is 1.04 bits per heavy atom. The van der Waals surface area contributed by atoms with Gasteiger partial charge in [-0.3, -0.25) is 4.98 Å². The lowest BCUT2D eigenvalue weighted by molar-refractivity contribution is 0.393. The van der Waals surface area contributed by atoms with E-state index in [1.807, 2.05) is 38.2 Å². The maximum atomic E-state index is 5.34. The summed E-state index contributed by atoms with van der Waals surface area (Å²) in [6.07, 6.45) is 3.52.